The molecule has 2 aromatic heterocycles. The first kappa shape index (κ1) is 19.9. The zero-order valence-electron chi connectivity index (χ0n) is 17.7. The van der Waals surface area contributed by atoms with Crippen LogP contribution >= 0.6 is 0 Å². The van der Waals surface area contributed by atoms with Gasteiger partial charge in [0.05, 0.1) is 5.69 Å². The van der Waals surface area contributed by atoms with E-state index in [2.05, 4.69) is 10.3 Å². The maximum absolute atomic E-state index is 12.5. The predicted molar refractivity (Wildman–Crippen MR) is 119 cm³/mol. The lowest BCUT2D eigenvalue weighted by Crippen LogP contribution is -2.23. The predicted octanol–water partition coefficient (Wildman–Crippen LogP) is 3.92. The van der Waals surface area contributed by atoms with Crippen LogP contribution in [0.2, 0.25) is 0 Å². The smallest absolute Gasteiger partial charge is 0.251 e. The number of carbonyl (C=O) groups excluding carboxylic acids is 1. The van der Waals surface area contributed by atoms with Gasteiger partial charge in [0.25, 0.3) is 5.91 Å². The van der Waals surface area contributed by atoms with E-state index in [0.29, 0.717) is 43.4 Å². The van der Waals surface area contributed by atoms with Crippen LogP contribution in [-0.4, -0.2) is 28.5 Å². The van der Waals surface area contributed by atoms with E-state index in [1.54, 1.807) is 24.3 Å². The van der Waals surface area contributed by atoms with Gasteiger partial charge in [0.1, 0.15) is 31.2 Å². The Morgan fingerprint density at radius 2 is 1.84 bits per heavy atom. The number of nitrogens with zero attached hydrogens (tertiary/aromatic N) is 2. The van der Waals surface area contributed by atoms with E-state index >= 15 is 0 Å². The molecule has 0 atom stereocenters. The number of amides is 1. The molecule has 3 heterocycles. The third kappa shape index (κ3) is 4.37. The summed E-state index contributed by atoms with van der Waals surface area (Å²) in [5.41, 5.74) is 4.42. The fourth-order valence-corrected chi connectivity index (χ4v) is 3.57. The van der Waals surface area contributed by atoms with Gasteiger partial charge < -0.3 is 23.9 Å². The number of aromatic nitrogens is 2. The fourth-order valence-electron chi connectivity index (χ4n) is 3.57. The van der Waals surface area contributed by atoms with Crippen LogP contribution in [-0.2, 0) is 13.2 Å². The molecule has 32 heavy (non-hydrogen) atoms. The van der Waals surface area contributed by atoms with Crippen molar-refractivity contribution in [3.8, 4) is 17.2 Å². The highest BCUT2D eigenvalue weighted by Crippen LogP contribution is 2.30. The number of rotatable bonds is 6. The second-order valence-electron chi connectivity index (χ2n) is 7.68. The Kier molecular flexibility index (Phi) is 5.37. The van der Waals surface area contributed by atoms with E-state index in [1.165, 1.54) is 5.56 Å². The van der Waals surface area contributed by atoms with Crippen molar-refractivity contribution in [2.24, 2.45) is 0 Å². The van der Waals surface area contributed by atoms with E-state index < -0.39 is 0 Å². The highest BCUT2D eigenvalue weighted by Gasteiger charge is 2.12. The Bertz CT molecular complexity index is 1260. The van der Waals surface area contributed by atoms with Gasteiger partial charge in [-0.1, -0.05) is 12.1 Å². The molecule has 1 N–H and O–H groups in total. The van der Waals surface area contributed by atoms with Gasteiger partial charge in [0.15, 0.2) is 11.5 Å². The molecule has 2 aromatic carbocycles. The molecule has 1 aliphatic heterocycles. The zero-order valence-corrected chi connectivity index (χ0v) is 17.7. The molecule has 0 radical (unpaired) electrons. The number of carbonyl (C=O) groups is 1. The Balaban J connectivity index is 1.16. The van der Waals surface area contributed by atoms with E-state index in [4.69, 9.17) is 14.2 Å². The van der Waals surface area contributed by atoms with Gasteiger partial charge in [-0.25, -0.2) is 4.98 Å². The largest absolute Gasteiger partial charge is 0.487 e. The van der Waals surface area contributed by atoms with Crippen molar-refractivity contribution in [1.29, 1.82) is 0 Å². The summed E-state index contributed by atoms with van der Waals surface area (Å²) in [4.78, 5) is 17.1. The summed E-state index contributed by atoms with van der Waals surface area (Å²) < 4.78 is 18.9. The van der Waals surface area contributed by atoms with Crippen LogP contribution in [0.3, 0.4) is 0 Å². The van der Waals surface area contributed by atoms with Crippen molar-refractivity contribution in [3.05, 3.63) is 89.4 Å². The van der Waals surface area contributed by atoms with E-state index in [1.807, 2.05) is 54.0 Å². The average molecular weight is 429 g/mol. The minimum absolute atomic E-state index is 0.151. The lowest BCUT2D eigenvalue weighted by molar-refractivity contribution is 0.0950. The topological polar surface area (TPSA) is 74.1 Å². The van der Waals surface area contributed by atoms with Crippen molar-refractivity contribution >= 4 is 11.6 Å². The summed E-state index contributed by atoms with van der Waals surface area (Å²) in [7, 11) is 0. The summed E-state index contributed by atoms with van der Waals surface area (Å²) in [6, 6.07) is 16.8. The zero-order chi connectivity index (χ0) is 21.9. The van der Waals surface area contributed by atoms with Crippen molar-refractivity contribution in [2.75, 3.05) is 13.2 Å². The summed E-state index contributed by atoms with van der Waals surface area (Å²) >= 11 is 0. The minimum Gasteiger partial charge on any atom is -0.487 e. The Morgan fingerprint density at radius 1 is 1.03 bits per heavy atom. The number of benzene rings is 2. The summed E-state index contributed by atoms with van der Waals surface area (Å²) in [6.45, 7) is 3.90. The molecule has 7 nitrogen and oxygen atoms in total. The van der Waals surface area contributed by atoms with Gasteiger partial charge in [-0.2, -0.15) is 0 Å². The molecule has 0 saturated heterocycles. The lowest BCUT2D eigenvalue weighted by atomic mass is 10.1. The molecule has 0 bridgehead atoms. The SMILES string of the molecule is Cc1ccc2nc(COc3ccc(C(=O)NCc4ccc5c(c4)OCCO5)cc3)cn2c1. The molecule has 1 amide bonds. The normalized spacial score (nSPS) is 12.5. The molecule has 0 saturated carbocycles. The van der Waals surface area contributed by atoms with Crippen molar-refractivity contribution in [3.63, 3.8) is 0 Å². The fraction of sp³-hybridized carbons (Fsp3) is 0.200. The molecule has 0 spiro atoms. The van der Waals surface area contributed by atoms with Crippen molar-refractivity contribution in [1.82, 2.24) is 14.7 Å². The molecular formula is C25H23N3O4. The van der Waals surface area contributed by atoms with Crippen LogP contribution in [0.15, 0.2) is 67.0 Å². The van der Waals surface area contributed by atoms with Crippen LogP contribution in [0.5, 0.6) is 17.2 Å². The molecule has 162 valence electrons. The second-order valence-corrected chi connectivity index (χ2v) is 7.68. The Morgan fingerprint density at radius 3 is 2.69 bits per heavy atom. The molecule has 4 aromatic rings. The molecule has 1 aliphatic rings. The van der Waals surface area contributed by atoms with Crippen molar-refractivity contribution in [2.45, 2.75) is 20.1 Å². The average Bonchev–Trinajstić information content (AvgIpc) is 3.23. The van der Waals surface area contributed by atoms with E-state index in [-0.39, 0.29) is 5.91 Å². The first-order valence-corrected chi connectivity index (χ1v) is 10.5. The number of ether oxygens (including phenoxy) is 3. The molecule has 7 heteroatoms. The third-order valence-corrected chi connectivity index (χ3v) is 5.21. The van der Waals surface area contributed by atoms with Gasteiger partial charge in [0.2, 0.25) is 0 Å². The van der Waals surface area contributed by atoms with E-state index in [9.17, 15) is 4.79 Å². The third-order valence-electron chi connectivity index (χ3n) is 5.21. The first-order chi connectivity index (χ1) is 15.6. The van der Waals surface area contributed by atoms with Crippen LogP contribution in [0.4, 0.5) is 0 Å². The summed E-state index contributed by atoms with van der Waals surface area (Å²) in [6.07, 6.45) is 3.99. The molecule has 0 fully saturated rings. The Labute approximate surface area is 185 Å². The van der Waals surface area contributed by atoms with E-state index in [0.717, 1.165) is 22.7 Å². The van der Waals surface area contributed by atoms with Gasteiger partial charge in [-0.3, -0.25) is 4.79 Å². The van der Waals surface area contributed by atoms with Crippen LogP contribution in [0, 0.1) is 6.92 Å². The maximum Gasteiger partial charge on any atom is 0.251 e. The van der Waals surface area contributed by atoms with Gasteiger partial charge in [0, 0.05) is 24.5 Å². The first-order valence-electron chi connectivity index (χ1n) is 10.5. The minimum atomic E-state index is -0.151. The maximum atomic E-state index is 12.5. The molecule has 5 rings (SSSR count). The van der Waals surface area contributed by atoms with Crippen LogP contribution < -0.4 is 19.5 Å². The van der Waals surface area contributed by atoms with Crippen LogP contribution in [0.1, 0.15) is 27.2 Å². The summed E-state index contributed by atoms with van der Waals surface area (Å²) in [5, 5.41) is 2.93. The molecule has 0 aliphatic carbocycles. The number of fused-ring (bicyclic) bond motifs is 2. The number of pyridine rings is 1. The van der Waals surface area contributed by atoms with Crippen molar-refractivity contribution < 1.29 is 19.0 Å². The van der Waals surface area contributed by atoms with Crippen LogP contribution in [0.25, 0.3) is 5.65 Å². The molecular weight excluding hydrogens is 406 g/mol. The number of hydrogen-bond acceptors (Lipinski definition) is 5. The highest BCUT2D eigenvalue weighted by molar-refractivity contribution is 5.94. The number of aryl methyl sites for hydroxylation is 1. The number of hydrogen-bond donors (Lipinski definition) is 1. The van der Waals surface area contributed by atoms with Gasteiger partial charge in [-0.05, 0) is 60.5 Å². The highest BCUT2D eigenvalue weighted by atomic mass is 16.6. The number of imidazole rings is 1. The summed E-state index contributed by atoms with van der Waals surface area (Å²) in [5.74, 6) is 1.98. The monoisotopic (exact) mass is 429 g/mol. The quantitative estimate of drug-likeness (QED) is 0.503. The number of nitrogens with one attached hydrogen (secondary N) is 1. The second kappa shape index (κ2) is 8.63. The lowest BCUT2D eigenvalue weighted by Gasteiger charge is -2.19. The molecule has 0 unspecified atom stereocenters. The van der Waals surface area contributed by atoms with Gasteiger partial charge in [-0.15, -0.1) is 0 Å². The van der Waals surface area contributed by atoms with Gasteiger partial charge >= 0.3 is 0 Å². The standard InChI is InChI=1S/C25H23N3O4/c1-17-2-9-24-27-20(15-28(24)14-17)16-32-21-6-4-19(5-7-21)25(29)26-13-18-3-8-22-23(12-18)31-11-10-30-22/h2-9,12,14-15H,10-11,13,16H2,1H3,(H,26,29). The Hall–Kier alpha value is -4.00.